The Balaban J connectivity index is 4.48. The molecule has 0 radical (unpaired) electrons. The number of carboxylic acid groups (broad SMARTS) is 1. The Kier molecular flexibility index (Phi) is 3.75. The number of carbonyl (C=O) groups is 3. The third-order valence-electron chi connectivity index (χ3n) is 1.21. The van der Waals surface area contributed by atoms with Crippen LogP contribution >= 0.6 is 0 Å². The number of alkyl halides is 3. The quantitative estimate of drug-likeness (QED) is 0.613. The van der Waals surface area contributed by atoms with Crippen LogP contribution in [0.2, 0.25) is 0 Å². The zero-order chi connectivity index (χ0) is 11.5. The lowest BCUT2D eigenvalue weighted by Gasteiger charge is -2.08. The van der Waals surface area contributed by atoms with Crippen molar-refractivity contribution in [3.8, 4) is 0 Å². The van der Waals surface area contributed by atoms with Gasteiger partial charge < -0.3 is 10.8 Å². The van der Waals surface area contributed by atoms with Gasteiger partial charge >= 0.3 is 17.9 Å². The molecular formula is C6H6F3NO4. The van der Waals surface area contributed by atoms with Crippen molar-refractivity contribution in [2.24, 2.45) is 5.73 Å². The Hall–Kier alpha value is -1.44. The van der Waals surface area contributed by atoms with Crippen molar-refractivity contribution in [2.75, 3.05) is 0 Å². The molecule has 1 atom stereocenters. The van der Waals surface area contributed by atoms with Gasteiger partial charge in [0.1, 0.15) is 0 Å². The van der Waals surface area contributed by atoms with E-state index in [2.05, 4.69) is 0 Å². The van der Waals surface area contributed by atoms with E-state index in [1.165, 1.54) is 0 Å². The van der Waals surface area contributed by atoms with Gasteiger partial charge in [0, 0.05) is 0 Å². The lowest BCUT2D eigenvalue weighted by molar-refractivity contribution is -0.175. The van der Waals surface area contributed by atoms with E-state index in [4.69, 9.17) is 10.8 Å². The Morgan fingerprint density at radius 2 is 1.71 bits per heavy atom. The smallest absolute Gasteiger partial charge is 0.458 e. The number of ketones is 2. The predicted molar refractivity (Wildman–Crippen MR) is 36.3 cm³/mol. The number of carboxylic acids is 1. The van der Waals surface area contributed by atoms with Crippen LogP contribution in [0.1, 0.15) is 6.42 Å². The lowest BCUT2D eigenvalue weighted by atomic mass is 10.1. The molecule has 0 spiro atoms. The average Bonchev–Trinajstić information content (AvgIpc) is 1.98. The number of hydrogen-bond acceptors (Lipinski definition) is 4. The van der Waals surface area contributed by atoms with Crippen LogP contribution in [0.5, 0.6) is 0 Å². The highest BCUT2D eigenvalue weighted by atomic mass is 19.4. The molecule has 0 heterocycles. The first-order chi connectivity index (χ1) is 6.16. The number of nitrogens with two attached hydrogens (primary N) is 1. The van der Waals surface area contributed by atoms with Gasteiger partial charge in [-0.1, -0.05) is 0 Å². The Morgan fingerprint density at radius 1 is 1.29 bits per heavy atom. The van der Waals surface area contributed by atoms with Gasteiger partial charge in [-0.05, 0) is 0 Å². The summed E-state index contributed by atoms with van der Waals surface area (Å²) in [6.45, 7) is 0. The maximum atomic E-state index is 11.6. The molecule has 0 saturated heterocycles. The van der Waals surface area contributed by atoms with Gasteiger partial charge in [-0.15, -0.1) is 0 Å². The van der Waals surface area contributed by atoms with Gasteiger partial charge in [0.05, 0.1) is 12.5 Å². The first-order valence-corrected chi connectivity index (χ1v) is 3.29. The van der Waals surface area contributed by atoms with Gasteiger partial charge in [-0.3, -0.25) is 14.4 Å². The van der Waals surface area contributed by atoms with E-state index in [-0.39, 0.29) is 0 Å². The highest BCUT2D eigenvalue weighted by molar-refractivity contribution is 6.41. The fourth-order valence-electron chi connectivity index (χ4n) is 0.589. The van der Waals surface area contributed by atoms with Crippen molar-refractivity contribution in [1.29, 1.82) is 0 Å². The number of Topliss-reactive ketones (excluding diaryl/α,β-unsaturated/α-hetero) is 2. The van der Waals surface area contributed by atoms with Gasteiger partial charge in [-0.2, -0.15) is 13.2 Å². The normalized spacial score (nSPS) is 13.4. The van der Waals surface area contributed by atoms with E-state index in [0.717, 1.165) is 0 Å². The summed E-state index contributed by atoms with van der Waals surface area (Å²) >= 11 is 0. The molecular weight excluding hydrogens is 207 g/mol. The van der Waals surface area contributed by atoms with Gasteiger partial charge in [0.2, 0.25) is 5.78 Å². The van der Waals surface area contributed by atoms with E-state index < -0.39 is 36.2 Å². The van der Waals surface area contributed by atoms with Crippen molar-refractivity contribution in [3.63, 3.8) is 0 Å². The fourth-order valence-corrected chi connectivity index (χ4v) is 0.589. The minimum absolute atomic E-state index is 1.01. The molecule has 0 rings (SSSR count). The number of halogens is 3. The van der Waals surface area contributed by atoms with Crippen LogP contribution in [0.3, 0.4) is 0 Å². The first kappa shape index (κ1) is 12.6. The second-order valence-electron chi connectivity index (χ2n) is 2.40. The zero-order valence-electron chi connectivity index (χ0n) is 6.67. The maximum Gasteiger partial charge on any atom is 0.458 e. The van der Waals surface area contributed by atoms with Crippen molar-refractivity contribution < 1.29 is 32.7 Å². The fraction of sp³-hybridized carbons (Fsp3) is 0.500. The summed E-state index contributed by atoms with van der Waals surface area (Å²) in [6, 6.07) is -1.96. The molecule has 0 aromatic carbocycles. The van der Waals surface area contributed by atoms with E-state index >= 15 is 0 Å². The second kappa shape index (κ2) is 4.18. The Morgan fingerprint density at radius 3 is 2.00 bits per heavy atom. The molecule has 14 heavy (non-hydrogen) atoms. The lowest BCUT2D eigenvalue weighted by Crippen LogP contribution is -2.43. The zero-order valence-corrected chi connectivity index (χ0v) is 6.67. The van der Waals surface area contributed by atoms with Crippen LogP contribution < -0.4 is 5.73 Å². The largest absolute Gasteiger partial charge is 0.481 e. The Bertz CT molecular complexity index is 273. The predicted octanol–water partition coefficient (Wildman–Crippen LogP) is -0.511. The van der Waals surface area contributed by atoms with Crippen molar-refractivity contribution in [1.82, 2.24) is 0 Å². The van der Waals surface area contributed by atoms with Crippen LogP contribution in [0.15, 0.2) is 0 Å². The topological polar surface area (TPSA) is 97.5 Å². The first-order valence-electron chi connectivity index (χ1n) is 3.29. The Labute approximate surface area is 75.7 Å². The maximum absolute atomic E-state index is 11.6. The third-order valence-corrected chi connectivity index (χ3v) is 1.21. The highest BCUT2D eigenvalue weighted by Crippen LogP contribution is 2.17. The van der Waals surface area contributed by atoms with E-state index in [0.29, 0.717) is 0 Å². The number of carbonyl (C=O) groups excluding carboxylic acids is 2. The highest BCUT2D eigenvalue weighted by Gasteiger charge is 2.45. The molecule has 0 aliphatic carbocycles. The van der Waals surface area contributed by atoms with Crippen molar-refractivity contribution >= 4 is 17.5 Å². The third kappa shape index (κ3) is 3.52. The molecule has 0 bridgehead atoms. The SMILES string of the molecule is N[C@@H](CC(=O)O)C(=O)C(=O)C(F)(F)F. The number of rotatable bonds is 4. The standard InChI is InChI=1S/C6H6F3NO4/c7-6(8,9)5(14)4(13)2(10)1-3(11)12/h2H,1,10H2,(H,11,12)/t2-/m0/s1. The molecule has 0 aromatic heterocycles. The molecule has 8 heteroatoms. The molecule has 0 aliphatic heterocycles. The van der Waals surface area contributed by atoms with Crippen LogP contribution in [0, 0.1) is 0 Å². The van der Waals surface area contributed by atoms with E-state index in [1.807, 2.05) is 0 Å². The van der Waals surface area contributed by atoms with Crippen LogP contribution in [0.4, 0.5) is 13.2 Å². The number of aliphatic carboxylic acids is 1. The summed E-state index contributed by atoms with van der Waals surface area (Å²) in [5, 5.41) is 8.09. The molecule has 0 aromatic rings. The summed E-state index contributed by atoms with van der Waals surface area (Å²) in [5.74, 6) is -6.13. The molecule has 5 nitrogen and oxygen atoms in total. The van der Waals surface area contributed by atoms with Gasteiger partial charge in [0.25, 0.3) is 0 Å². The van der Waals surface area contributed by atoms with E-state index in [1.54, 1.807) is 0 Å². The van der Waals surface area contributed by atoms with Crippen LogP contribution in [-0.2, 0) is 14.4 Å². The molecule has 0 aliphatic rings. The number of hydrogen-bond donors (Lipinski definition) is 2. The summed E-state index contributed by atoms with van der Waals surface area (Å²) in [4.78, 5) is 30.8. The van der Waals surface area contributed by atoms with Gasteiger partial charge in [-0.25, -0.2) is 0 Å². The minimum Gasteiger partial charge on any atom is -0.481 e. The van der Waals surface area contributed by atoms with Crippen molar-refractivity contribution in [3.05, 3.63) is 0 Å². The molecule has 3 N–H and O–H groups in total. The molecule has 0 amide bonds. The summed E-state index contributed by atoms with van der Waals surface area (Å²) in [5.41, 5.74) is 4.76. The minimum atomic E-state index is -5.31. The second-order valence-corrected chi connectivity index (χ2v) is 2.40. The molecule has 0 unspecified atom stereocenters. The molecule has 0 fully saturated rings. The summed E-state index contributed by atoms with van der Waals surface area (Å²) < 4.78 is 34.9. The van der Waals surface area contributed by atoms with Crippen molar-refractivity contribution in [2.45, 2.75) is 18.6 Å². The van der Waals surface area contributed by atoms with Crippen LogP contribution in [-0.4, -0.2) is 34.9 Å². The molecule has 80 valence electrons. The summed E-state index contributed by atoms with van der Waals surface area (Å²) in [6.07, 6.45) is -6.33. The average molecular weight is 213 g/mol. The van der Waals surface area contributed by atoms with E-state index in [9.17, 15) is 27.6 Å². The molecule has 0 saturated carbocycles. The summed E-state index contributed by atoms with van der Waals surface area (Å²) in [7, 11) is 0. The van der Waals surface area contributed by atoms with Crippen LogP contribution in [0.25, 0.3) is 0 Å². The monoisotopic (exact) mass is 213 g/mol. The van der Waals surface area contributed by atoms with Gasteiger partial charge in [0.15, 0.2) is 0 Å².